The van der Waals surface area contributed by atoms with Gasteiger partial charge in [-0.15, -0.1) is 0 Å². The van der Waals surface area contributed by atoms with Gasteiger partial charge in [-0.1, -0.05) is 6.07 Å². The molecule has 0 radical (unpaired) electrons. The molecule has 1 aromatic carbocycles. The molecule has 1 aliphatic heterocycles. The fourth-order valence-electron chi connectivity index (χ4n) is 3.13. The van der Waals surface area contributed by atoms with Gasteiger partial charge in [-0.25, -0.2) is 9.48 Å². The van der Waals surface area contributed by atoms with Crippen LogP contribution in [0, 0.1) is 0 Å². The highest BCUT2D eigenvalue weighted by molar-refractivity contribution is 5.75. The fraction of sp³-hybridized carbons (Fsp3) is 0.500. The standard InChI is InChI=1S/C18H24N4O4/c1-25-14-7-6-13(11-15(14)26-2)8-9-19-17(23)12-22-18(24)21-10-4-3-5-16(21)20-22/h6-7,11H,3-5,8-10,12H2,1-2H3,(H,19,23). The Morgan fingerprint density at radius 2 is 2.04 bits per heavy atom. The first kappa shape index (κ1) is 18.0. The van der Waals surface area contributed by atoms with Crippen LogP contribution in [0.3, 0.4) is 0 Å². The van der Waals surface area contributed by atoms with E-state index in [0.717, 1.165) is 30.7 Å². The van der Waals surface area contributed by atoms with E-state index in [4.69, 9.17) is 9.47 Å². The first-order chi connectivity index (χ1) is 12.6. The van der Waals surface area contributed by atoms with Crippen molar-refractivity contribution in [3.63, 3.8) is 0 Å². The van der Waals surface area contributed by atoms with Crippen molar-refractivity contribution in [2.75, 3.05) is 20.8 Å². The van der Waals surface area contributed by atoms with Gasteiger partial charge in [0.25, 0.3) is 0 Å². The summed E-state index contributed by atoms with van der Waals surface area (Å²) in [5.74, 6) is 1.89. The predicted octanol–water partition coefficient (Wildman–Crippen LogP) is 0.757. The van der Waals surface area contributed by atoms with Gasteiger partial charge in [-0.2, -0.15) is 5.10 Å². The zero-order valence-electron chi connectivity index (χ0n) is 15.2. The largest absolute Gasteiger partial charge is 0.493 e. The highest BCUT2D eigenvalue weighted by Gasteiger charge is 2.17. The van der Waals surface area contributed by atoms with Crippen LogP contribution in [0.25, 0.3) is 0 Å². The minimum absolute atomic E-state index is 0.0508. The summed E-state index contributed by atoms with van der Waals surface area (Å²) in [6, 6.07) is 5.66. The number of hydrogen-bond acceptors (Lipinski definition) is 5. The molecule has 0 saturated heterocycles. The Balaban J connectivity index is 1.53. The average molecular weight is 360 g/mol. The molecule has 0 fully saturated rings. The van der Waals surface area contributed by atoms with Crippen molar-refractivity contribution in [2.24, 2.45) is 0 Å². The Hall–Kier alpha value is -2.77. The molecule has 2 aromatic rings. The van der Waals surface area contributed by atoms with E-state index in [0.29, 0.717) is 31.0 Å². The first-order valence-electron chi connectivity index (χ1n) is 8.76. The van der Waals surface area contributed by atoms with Crippen molar-refractivity contribution < 1.29 is 14.3 Å². The van der Waals surface area contributed by atoms with Gasteiger partial charge in [-0.3, -0.25) is 9.36 Å². The molecule has 1 amide bonds. The zero-order chi connectivity index (χ0) is 18.5. The summed E-state index contributed by atoms with van der Waals surface area (Å²) in [4.78, 5) is 24.4. The molecule has 0 unspecified atom stereocenters. The van der Waals surface area contributed by atoms with Gasteiger partial charge in [0.2, 0.25) is 5.91 Å². The van der Waals surface area contributed by atoms with Crippen LogP contribution in [0.1, 0.15) is 24.2 Å². The Labute approximate surface area is 151 Å². The number of carbonyl (C=O) groups excluding carboxylic acids is 1. The molecular weight excluding hydrogens is 336 g/mol. The van der Waals surface area contributed by atoms with Crippen molar-refractivity contribution in [2.45, 2.75) is 38.8 Å². The number of rotatable bonds is 7. The van der Waals surface area contributed by atoms with Gasteiger partial charge >= 0.3 is 5.69 Å². The molecule has 1 N–H and O–H groups in total. The minimum Gasteiger partial charge on any atom is -0.493 e. The fourth-order valence-corrected chi connectivity index (χ4v) is 3.13. The van der Waals surface area contributed by atoms with E-state index in [-0.39, 0.29) is 18.1 Å². The summed E-state index contributed by atoms with van der Waals surface area (Å²) < 4.78 is 13.4. The van der Waals surface area contributed by atoms with E-state index in [1.165, 1.54) is 4.68 Å². The molecule has 1 aliphatic rings. The van der Waals surface area contributed by atoms with E-state index < -0.39 is 0 Å². The highest BCUT2D eigenvalue weighted by atomic mass is 16.5. The molecule has 3 rings (SSSR count). The number of aromatic nitrogens is 3. The van der Waals surface area contributed by atoms with Crippen LogP contribution in [0.2, 0.25) is 0 Å². The summed E-state index contributed by atoms with van der Waals surface area (Å²) in [7, 11) is 3.18. The van der Waals surface area contributed by atoms with Crippen molar-refractivity contribution in [3.05, 3.63) is 40.1 Å². The second-order valence-corrected chi connectivity index (χ2v) is 6.25. The van der Waals surface area contributed by atoms with Crippen LogP contribution in [-0.4, -0.2) is 41.0 Å². The third-order valence-corrected chi connectivity index (χ3v) is 4.51. The second kappa shape index (κ2) is 8.07. The van der Waals surface area contributed by atoms with E-state index in [1.54, 1.807) is 18.8 Å². The van der Waals surface area contributed by atoms with Crippen LogP contribution < -0.4 is 20.5 Å². The number of fused-ring (bicyclic) bond motifs is 1. The maximum atomic E-state index is 12.2. The Kier molecular flexibility index (Phi) is 5.60. The number of aryl methyl sites for hydroxylation is 1. The molecular formula is C18H24N4O4. The number of carbonyl (C=O) groups is 1. The number of amides is 1. The summed E-state index contributed by atoms with van der Waals surface area (Å²) in [6.07, 6.45) is 3.47. The number of benzene rings is 1. The zero-order valence-corrected chi connectivity index (χ0v) is 15.2. The second-order valence-electron chi connectivity index (χ2n) is 6.25. The van der Waals surface area contributed by atoms with Crippen molar-refractivity contribution >= 4 is 5.91 Å². The van der Waals surface area contributed by atoms with Gasteiger partial charge in [0.05, 0.1) is 14.2 Å². The molecule has 8 nitrogen and oxygen atoms in total. The van der Waals surface area contributed by atoms with E-state index >= 15 is 0 Å². The molecule has 0 bridgehead atoms. The van der Waals surface area contributed by atoms with Gasteiger partial charge in [-0.05, 0) is 37.0 Å². The molecule has 8 heteroatoms. The predicted molar refractivity (Wildman–Crippen MR) is 95.7 cm³/mol. The summed E-state index contributed by atoms with van der Waals surface area (Å²) in [5, 5.41) is 7.11. The van der Waals surface area contributed by atoms with Gasteiger partial charge in [0.1, 0.15) is 12.4 Å². The van der Waals surface area contributed by atoms with Gasteiger partial charge in [0, 0.05) is 19.5 Å². The average Bonchev–Trinajstić information content (AvgIpc) is 2.97. The monoisotopic (exact) mass is 360 g/mol. The molecule has 1 aromatic heterocycles. The highest BCUT2D eigenvalue weighted by Crippen LogP contribution is 2.27. The molecule has 0 aliphatic carbocycles. The Bertz CT molecular complexity index is 840. The summed E-state index contributed by atoms with van der Waals surface area (Å²) >= 11 is 0. The minimum atomic E-state index is -0.219. The van der Waals surface area contributed by atoms with Crippen molar-refractivity contribution in [1.29, 1.82) is 0 Å². The maximum Gasteiger partial charge on any atom is 0.346 e. The normalized spacial score (nSPS) is 13.2. The molecule has 26 heavy (non-hydrogen) atoms. The van der Waals surface area contributed by atoms with Crippen LogP contribution in [0.4, 0.5) is 0 Å². The van der Waals surface area contributed by atoms with Crippen LogP contribution in [0.5, 0.6) is 11.5 Å². The number of ether oxygens (including phenoxy) is 2. The topological polar surface area (TPSA) is 87.4 Å². The lowest BCUT2D eigenvalue weighted by Gasteiger charge is -2.10. The van der Waals surface area contributed by atoms with Gasteiger partial charge < -0.3 is 14.8 Å². The first-order valence-corrected chi connectivity index (χ1v) is 8.76. The maximum absolute atomic E-state index is 12.2. The SMILES string of the molecule is COc1ccc(CCNC(=O)Cn2nc3n(c2=O)CCCC3)cc1OC. The molecule has 0 spiro atoms. The molecule has 2 heterocycles. The Morgan fingerprint density at radius 1 is 1.23 bits per heavy atom. The van der Waals surface area contributed by atoms with E-state index in [9.17, 15) is 9.59 Å². The number of hydrogen-bond donors (Lipinski definition) is 1. The Morgan fingerprint density at radius 3 is 2.77 bits per heavy atom. The molecule has 0 atom stereocenters. The van der Waals surface area contributed by atoms with Gasteiger partial charge in [0.15, 0.2) is 11.5 Å². The molecule has 140 valence electrons. The molecule has 0 saturated carbocycles. The van der Waals surface area contributed by atoms with Crippen molar-refractivity contribution in [1.82, 2.24) is 19.7 Å². The van der Waals surface area contributed by atoms with Crippen LogP contribution in [-0.2, 0) is 30.7 Å². The smallest absolute Gasteiger partial charge is 0.346 e. The lowest BCUT2D eigenvalue weighted by molar-refractivity contribution is -0.121. The number of nitrogens with zero attached hydrogens (tertiary/aromatic N) is 3. The number of methoxy groups -OCH3 is 2. The van der Waals surface area contributed by atoms with Crippen molar-refractivity contribution in [3.8, 4) is 11.5 Å². The third kappa shape index (κ3) is 3.89. The third-order valence-electron chi connectivity index (χ3n) is 4.51. The van der Waals surface area contributed by atoms with Crippen LogP contribution >= 0.6 is 0 Å². The lowest BCUT2D eigenvalue weighted by Crippen LogP contribution is -2.34. The van der Waals surface area contributed by atoms with Crippen LogP contribution in [0.15, 0.2) is 23.0 Å². The summed E-state index contributed by atoms with van der Waals surface area (Å²) in [5.41, 5.74) is 0.826. The van der Waals surface area contributed by atoms with E-state index in [1.807, 2.05) is 18.2 Å². The number of nitrogens with one attached hydrogen (secondary N) is 1. The summed E-state index contributed by atoms with van der Waals surface area (Å²) in [6.45, 7) is 1.11. The quantitative estimate of drug-likeness (QED) is 0.788. The lowest BCUT2D eigenvalue weighted by atomic mass is 10.1. The van der Waals surface area contributed by atoms with E-state index in [2.05, 4.69) is 10.4 Å².